The highest BCUT2D eigenvalue weighted by Gasteiger charge is 2.31. The van der Waals surface area contributed by atoms with E-state index in [0.29, 0.717) is 54.9 Å². The Morgan fingerprint density at radius 2 is 1.82 bits per heavy atom. The summed E-state index contributed by atoms with van der Waals surface area (Å²) in [5, 5.41) is 9.00. The van der Waals surface area contributed by atoms with Crippen LogP contribution < -0.4 is 0 Å². The molecule has 0 N–H and O–H groups in total. The molecule has 2 amide bonds. The smallest absolute Gasteiger partial charge is 0.276 e. The van der Waals surface area contributed by atoms with E-state index in [-0.39, 0.29) is 24.5 Å². The van der Waals surface area contributed by atoms with Gasteiger partial charge in [-0.05, 0) is 35.9 Å². The van der Waals surface area contributed by atoms with Crippen LogP contribution in [0, 0.1) is 0 Å². The molecule has 0 spiro atoms. The molecule has 1 atom stereocenters. The molecule has 10 heteroatoms. The van der Waals surface area contributed by atoms with Crippen molar-refractivity contribution < 1.29 is 18.7 Å². The Hall–Kier alpha value is -3.43. The lowest BCUT2D eigenvalue weighted by molar-refractivity contribution is -0.127. The van der Waals surface area contributed by atoms with E-state index >= 15 is 0 Å². The van der Waals surface area contributed by atoms with Crippen molar-refractivity contribution in [1.82, 2.24) is 24.8 Å². The standard InChI is InChI=1S/C23H22ClN5O4/c24-17-5-3-16(4-6-17)20-14-29-19(15-33-20)22(25-26-29)23(31)28-11-9-27(10-12-28)21(30)8-7-18-2-1-13-32-18/h1-8,13,20H,9-12,14-15H2/b8-7+. The zero-order chi connectivity index (χ0) is 22.8. The van der Waals surface area contributed by atoms with Crippen molar-refractivity contribution in [2.45, 2.75) is 19.3 Å². The van der Waals surface area contributed by atoms with Crippen molar-refractivity contribution in [1.29, 1.82) is 0 Å². The maximum Gasteiger partial charge on any atom is 0.276 e. The van der Waals surface area contributed by atoms with Gasteiger partial charge in [0.1, 0.15) is 11.9 Å². The molecule has 2 aliphatic rings. The summed E-state index contributed by atoms with van der Waals surface area (Å²) in [7, 11) is 0. The number of hydrogen-bond acceptors (Lipinski definition) is 6. The van der Waals surface area contributed by atoms with Crippen molar-refractivity contribution in [3.05, 3.63) is 76.5 Å². The highest BCUT2D eigenvalue weighted by Crippen LogP contribution is 2.28. The number of nitrogens with zero attached hydrogens (tertiary/aromatic N) is 5. The van der Waals surface area contributed by atoms with E-state index in [0.717, 1.165) is 5.56 Å². The third-order valence-corrected chi connectivity index (χ3v) is 6.11. The second kappa shape index (κ2) is 9.21. The van der Waals surface area contributed by atoms with Gasteiger partial charge in [-0.2, -0.15) is 0 Å². The lowest BCUT2D eigenvalue weighted by Gasteiger charge is -2.34. The summed E-state index contributed by atoms with van der Waals surface area (Å²) < 4.78 is 12.9. The van der Waals surface area contributed by atoms with Gasteiger partial charge in [-0.1, -0.05) is 28.9 Å². The SMILES string of the molecule is O=C(/C=C/c1ccco1)N1CCN(C(=O)c2nnn3c2COC(c2ccc(Cl)cc2)C3)CC1. The minimum absolute atomic E-state index is 0.110. The molecule has 5 rings (SSSR count). The lowest BCUT2D eigenvalue weighted by Crippen LogP contribution is -2.50. The van der Waals surface area contributed by atoms with Gasteiger partial charge in [-0.15, -0.1) is 5.10 Å². The number of ether oxygens (including phenoxy) is 1. The quantitative estimate of drug-likeness (QED) is 0.548. The van der Waals surface area contributed by atoms with Gasteiger partial charge in [0.25, 0.3) is 5.91 Å². The predicted octanol–water partition coefficient (Wildman–Crippen LogP) is 2.79. The Kier molecular flexibility index (Phi) is 5.97. The van der Waals surface area contributed by atoms with Gasteiger partial charge in [0.2, 0.25) is 5.91 Å². The fraction of sp³-hybridized carbons (Fsp3) is 0.304. The number of piperazine rings is 1. The normalized spacial score (nSPS) is 18.5. The first-order chi connectivity index (χ1) is 16.1. The van der Waals surface area contributed by atoms with Crippen molar-refractivity contribution >= 4 is 29.5 Å². The zero-order valence-electron chi connectivity index (χ0n) is 17.8. The maximum atomic E-state index is 13.1. The first-order valence-electron chi connectivity index (χ1n) is 10.7. The Bertz CT molecular complexity index is 1160. The molecule has 1 unspecified atom stereocenters. The molecule has 1 saturated heterocycles. The average molecular weight is 468 g/mol. The highest BCUT2D eigenvalue weighted by atomic mass is 35.5. The van der Waals surface area contributed by atoms with Gasteiger partial charge in [-0.25, -0.2) is 4.68 Å². The van der Waals surface area contributed by atoms with Crippen molar-refractivity contribution in [3.8, 4) is 0 Å². The predicted molar refractivity (Wildman–Crippen MR) is 119 cm³/mol. The number of halogens is 1. The molecule has 33 heavy (non-hydrogen) atoms. The van der Waals surface area contributed by atoms with Crippen LogP contribution in [0.2, 0.25) is 5.02 Å². The molecule has 1 fully saturated rings. The Balaban J connectivity index is 1.19. The molecular formula is C23H22ClN5O4. The van der Waals surface area contributed by atoms with E-state index in [9.17, 15) is 9.59 Å². The van der Waals surface area contributed by atoms with Crippen molar-refractivity contribution in [2.24, 2.45) is 0 Å². The van der Waals surface area contributed by atoms with E-state index in [2.05, 4.69) is 10.3 Å². The summed E-state index contributed by atoms with van der Waals surface area (Å²) in [5.41, 5.74) is 1.97. The van der Waals surface area contributed by atoms with Gasteiger partial charge in [0.05, 0.1) is 25.1 Å². The maximum absolute atomic E-state index is 13.1. The summed E-state index contributed by atoms with van der Waals surface area (Å²) in [6.45, 7) is 2.48. The molecule has 3 aromatic rings. The number of rotatable bonds is 4. The number of fused-ring (bicyclic) bond motifs is 1. The second-order valence-corrected chi connectivity index (χ2v) is 8.32. The number of hydrogen-bond donors (Lipinski definition) is 0. The number of amides is 2. The first-order valence-corrected chi connectivity index (χ1v) is 11.1. The van der Waals surface area contributed by atoms with Crippen molar-refractivity contribution in [2.75, 3.05) is 26.2 Å². The zero-order valence-corrected chi connectivity index (χ0v) is 18.5. The summed E-state index contributed by atoms with van der Waals surface area (Å²) in [6.07, 6.45) is 4.50. The number of carbonyl (C=O) groups is 2. The lowest BCUT2D eigenvalue weighted by atomic mass is 10.1. The van der Waals surface area contributed by atoms with Gasteiger partial charge >= 0.3 is 0 Å². The van der Waals surface area contributed by atoms with E-state index in [4.69, 9.17) is 20.8 Å². The number of benzene rings is 1. The van der Waals surface area contributed by atoms with Crippen LogP contribution in [0.1, 0.15) is 33.6 Å². The van der Waals surface area contributed by atoms with E-state index in [1.165, 1.54) is 6.08 Å². The highest BCUT2D eigenvalue weighted by molar-refractivity contribution is 6.30. The number of carbonyl (C=O) groups excluding carboxylic acids is 2. The molecule has 0 saturated carbocycles. The van der Waals surface area contributed by atoms with Crippen LogP contribution in [0.15, 0.2) is 53.2 Å². The largest absolute Gasteiger partial charge is 0.465 e. The molecule has 9 nitrogen and oxygen atoms in total. The minimum Gasteiger partial charge on any atom is -0.465 e. The van der Waals surface area contributed by atoms with Crippen LogP contribution in [0.25, 0.3) is 6.08 Å². The van der Waals surface area contributed by atoms with E-state index < -0.39 is 0 Å². The Labute approximate surface area is 195 Å². The molecule has 0 aliphatic carbocycles. The molecule has 0 radical (unpaired) electrons. The second-order valence-electron chi connectivity index (χ2n) is 7.88. The van der Waals surface area contributed by atoms with Gasteiger partial charge in [0, 0.05) is 37.3 Å². The first kappa shape index (κ1) is 21.4. The summed E-state index contributed by atoms with van der Waals surface area (Å²) >= 11 is 5.97. The molecular weight excluding hydrogens is 446 g/mol. The minimum atomic E-state index is -0.192. The third-order valence-electron chi connectivity index (χ3n) is 5.85. The van der Waals surface area contributed by atoms with Crippen LogP contribution in [-0.4, -0.2) is 62.8 Å². The van der Waals surface area contributed by atoms with Gasteiger partial charge in [-0.3, -0.25) is 9.59 Å². The summed E-state index contributed by atoms with van der Waals surface area (Å²) in [6, 6.07) is 11.0. The van der Waals surface area contributed by atoms with Crippen LogP contribution in [0.4, 0.5) is 0 Å². The van der Waals surface area contributed by atoms with Crippen LogP contribution in [0.3, 0.4) is 0 Å². The molecule has 170 valence electrons. The van der Waals surface area contributed by atoms with Crippen LogP contribution >= 0.6 is 11.6 Å². The molecule has 2 aliphatic heterocycles. The molecule has 1 aromatic carbocycles. The van der Waals surface area contributed by atoms with E-state index in [1.54, 1.807) is 39.0 Å². The van der Waals surface area contributed by atoms with Gasteiger partial charge < -0.3 is 19.0 Å². The molecule has 2 aromatic heterocycles. The molecule has 0 bridgehead atoms. The topological polar surface area (TPSA) is 93.7 Å². The average Bonchev–Trinajstić information content (AvgIpc) is 3.52. The Morgan fingerprint density at radius 1 is 1.06 bits per heavy atom. The van der Waals surface area contributed by atoms with Crippen molar-refractivity contribution in [3.63, 3.8) is 0 Å². The Morgan fingerprint density at radius 3 is 2.55 bits per heavy atom. The summed E-state index contributed by atoms with van der Waals surface area (Å²) in [4.78, 5) is 28.9. The molecule has 4 heterocycles. The van der Waals surface area contributed by atoms with Crippen LogP contribution in [0.5, 0.6) is 0 Å². The monoisotopic (exact) mass is 467 g/mol. The number of aromatic nitrogens is 3. The van der Waals surface area contributed by atoms with Gasteiger partial charge in [0.15, 0.2) is 5.69 Å². The fourth-order valence-corrected chi connectivity index (χ4v) is 4.11. The summed E-state index contributed by atoms with van der Waals surface area (Å²) in [5.74, 6) is 0.318. The van der Waals surface area contributed by atoms with Crippen LogP contribution in [-0.2, 0) is 22.7 Å². The number of furan rings is 1. The fourth-order valence-electron chi connectivity index (χ4n) is 3.98. The third kappa shape index (κ3) is 4.55. The van der Waals surface area contributed by atoms with E-state index in [1.807, 2.05) is 24.3 Å².